The first-order valence-electron chi connectivity index (χ1n) is 8.02. The van der Waals surface area contributed by atoms with Gasteiger partial charge < -0.3 is 4.74 Å². The summed E-state index contributed by atoms with van der Waals surface area (Å²) in [6.45, 7) is 6.24. The third kappa shape index (κ3) is 3.41. The maximum Gasteiger partial charge on any atom is 0.186 e. The molecule has 130 valence electrons. The van der Waals surface area contributed by atoms with E-state index in [2.05, 4.69) is 24.9 Å². The molecule has 0 radical (unpaired) electrons. The SMILES string of the molecule is COc1cc(C)c(C=C2SC(=N)C(c3nccs3)C2=O)cc1C(C)C. The van der Waals surface area contributed by atoms with Crippen LogP contribution in [-0.2, 0) is 4.79 Å². The molecule has 1 aliphatic rings. The van der Waals surface area contributed by atoms with Crippen molar-refractivity contribution in [1.82, 2.24) is 4.98 Å². The molecule has 1 aromatic carbocycles. The van der Waals surface area contributed by atoms with E-state index < -0.39 is 5.92 Å². The summed E-state index contributed by atoms with van der Waals surface area (Å²) in [4.78, 5) is 17.6. The van der Waals surface area contributed by atoms with Crippen molar-refractivity contribution in [3.05, 3.63) is 50.3 Å². The summed E-state index contributed by atoms with van der Waals surface area (Å²) in [5, 5.41) is 11.1. The van der Waals surface area contributed by atoms with Gasteiger partial charge >= 0.3 is 0 Å². The Morgan fingerprint density at radius 3 is 2.72 bits per heavy atom. The van der Waals surface area contributed by atoms with Crippen LogP contribution in [0.4, 0.5) is 0 Å². The number of aromatic nitrogens is 1. The first-order valence-corrected chi connectivity index (χ1v) is 9.72. The van der Waals surface area contributed by atoms with Crippen LogP contribution in [0, 0.1) is 12.3 Å². The van der Waals surface area contributed by atoms with E-state index in [0.29, 0.717) is 20.9 Å². The molecule has 2 aromatic rings. The van der Waals surface area contributed by atoms with Crippen LogP contribution in [0.5, 0.6) is 5.75 Å². The fourth-order valence-electron chi connectivity index (χ4n) is 2.83. The Balaban J connectivity index is 2.00. The van der Waals surface area contributed by atoms with Crippen LogP contribution in [0.25, 0.3) is 6.08 Å². The minimum Gasteiger partial charge on any atom is -0.496 e. The lowest BCUT2D eigenvalue weighted by Gasteiger charge is -2.15. The molecule has 0 bridgehead atoms. The van der Waals surface area contributed by atoms with Crippen molar-refractivity contribution in [2.45, 2.75) is 32.6 Å². The van der Waals surface area contributed by atoms with Gasteiger partial charge in [0.15, 0.2) is 5.78 Å². The molecule has 0 spiro atoms. The van der Waals surface area contributed by atoms with Crippen LogP contribution in [0.2, 0.25) is 0 Å². The highest BCUT2D eigenvalue weighted by atomic mass is 32.2. The average Bonchev–Trinajstić information content (AvgIpc) is 3.17. The Morgan fingerprint density at radius 1 is 1.36 bits per heavy atom. The quantitative estimate of drug-likeness (QED) is 0.767. The Hall–Kier alpha value is -1.92. The number of benzene rings is 1. The van der Waals surface area contributed by atoms with E-state index >= 15 is 0 Å². The predicted octanol–water partition coefficient (Wildman–Crippen LogP) is 5.00. The van der Waals surface area contributed by atoms with Crippen molar-refractivity contribution < 1.29 is 9.53 Å². The van der Waals surface area contributed by atoms with E-state index in [0.717, 1.165) is 22.4 Å². The number of rotatable bonds is 4. The number of allylic oxidation sites excluding steroid dienone is 1. The molecular weight excluding hydrogens is 352 g/mol. The minimum atomic E-state index is -0.542. The molecule has 25 heavy (non-hydrogen) atoms. The van der Waals surface area contributed by atoms with Gasteiger partial charge in [0.2, 0.25) is 0 Å². The van der Waals surface area contributed by atoms with Gasteiger partial charge in [0.05, 0.1) is 17.1 Å². The smallest absolute Gasteiger partial charge is 0.186 e. The second-order valence-electron chi connectivity index (χ2n) is 6.25. The molecule has 1 aliphatic heterocycles. The van der Waals surface area contributed by atoms with Gasteiger partial charge in [-0.25, -0.2) is 4.98 Å². The summed E-state index contributed by atoms with van der Waals surface area (Å²) in [7, 11) is 1.68. The molecule has 2 heterocycles. The Labute approximate surface area is 155 Å². The van der Waals surface area contributed by atoms with E-state index in [9.17, 15) is 4.79 Å². The van der Waals surface area contributed by atoms with Gasteiger partial charge in [-0.05, 0) is 47.7 Å². The molecule has 0 aliphatic carbocycles. The third-order valence-electron chi connectivity index (χ3n) is 4.21. The van der Waals surface area contributed by atoms with E-state index in [1.807, 2.05) is 24.4 Å². The first kappa shape index (κ1) is 17.9. The van der Waals surface area contributed by atoms with Crippen LogP contribution < -0.4 is 4.74 Å². The van der Waals surface area contributed by atoms with Crippen molar-refractivity contribution in [3.63, 3.8) is 0 Å². The number of hydrogen-bond donors (Lipinski definition) is 1. The zero-order chi connectivity index (χ0) is 18.1. The molecule has 1 fully saturated rings. The zero-order valence-corrected chi connectivity index (χ0v) is 16.3. The van der Waals surface area contributed by atoms with Crippen LogP contribution in [0.3, 0.4) is 0 Å². The number of hydrogen-bond acceptors (Lipinski definition) is 6. The Morgan fingerprint density at radius 2 is 2.12 bits per heavy atom. The van der Waals surface area contributed by atoms with E-state index in [-0.39, 0.29) is 5.78 Å². The lowest BCUT2D eigenvalue weighted by atomic mass is 9.95. The van der Waals surface area contributed by atoms with Gasteiger partial charge in [-0.3, -0.25) is 10.2 Å². The summed E-state index contributed by atoms with van der Waals surface area (Å²) < 4.78 is 5.48. The minimum absolute atomic E-state index is 0.0359. The number of Topliss-reactive ketones (excluding diaryl/α,β-unsaturated/α-hetero) is 1. The first-order chi connectivity index (χ1) is 11.9. The molecule has 1 saturated heterocycles. The lowest BCUT2D eigenvalue weighted by molar-refractivity contribution is -0.114. The summed E-state index contributed by atoms with van der Waals surface area (Å²) in [5.74, 6) is 0.611. The molecule has 1 N–H and O–H groups in total. The molecular formula is C19H20N2O2S2. The maximum absolute atomic E-state index is 12.8. The molecule has 1 unspecified atom stereocenters. The van der Waals surface area contributed by atoms with Crippen molar-refractivity contribution in [2.24, 2.45) is 0 Å². The lowest BCUT2D eigenvalue weighted by Crippen LogP contribution is -2.11. The van der Waals surface area contributed by atoms with Crippen LogP contribution in [0.15, 0.2) is 28.6 Å². The van der Waals surface area contributed by atoms with Crippen molar-refractivity contribution in [3.8, 4) is 5.75 Å². The monoisotopic (exact) mass is 372 g/mol. The van der Waals surface area contributed by atoms with E-state index in [4.69, 9.17) is 10.1 Å². The molecule has 6 heteroatoms. The van der Waals surface area contributed by atoms with Crippen LogP contribution in [-0.4, -0.2) is 22.9 Å². The summed E-state index contributed by atoms with van der Waals surface area (Å²) in [6, 6.07) is 4.09. The molecule has 1 atom stereocenters. The summed E-state index contributed by atoms with van der Waals surface area (Å²) in [5.41, 5.74) is 3.15. The van der Waals surface area contributed by atoms with Gasteiger partial charge in [0, 0.05) is 11.6 Å². The number of methoxy groups -OCH3 is 1. The second-order valence-corrected chi connectivity index (χ2v) is 8.26. The number of thiazole rings is 1. The Kier molecular flexibility index (Phi) is 5.11. The highest BCUT2D eigenvalue weighted by Crippen LogP contribution is 2.42. The van der Waals surface area contributed by atoms with Crippen LogP contribution in [0.1, 0.15) is 47.4 Å². The molecule has 0 amide bonds. The number of aryl methyl sites for hydroxylation is 1. The summed E-state index contributed by atoms with van der Waals surface area (Å²) in [6.07, 6.45) is 3.57. The van der Waals surface area contributed by atoms with Gasteiger partial charge in [-0.1, -0.05) is 25.6 Å². The van der Waals surface area contributed by atoms with Crippen molar-refractivity contribution >= 4 is 40.0 Å². The van der Waals surface area contributed by atoms with Crippen molar-refractivity contribution in [2.75, 3.05) is 7.11 Å². The topological polar surface area (TPSA) is 63.0 Å². The molecule has 3 rings (SSSR count). The average molecular weight is 373 g/mol. The third-order valence-corrected chi connectivity index (χ3v) is 6.05. The number of carbonyl (C=O) groups excluding carboxylic acids is 1. The van der Waals surface area contributed by atoms with Gasteiger partial charge in [-0.15, -0.1) is 11.3 Å². The predicted molar refractivity (Wildman–Crippen MR) is 105 cm³/mol. The normalized spacial score (nSPS) is 19.2. The number of ether oxygens (including phenoxy) is 1. The number of thioether (sulfide) groups is 1. The van der Waals surface area contributed by atoms with Gasteiger partial charge in [-0.2, -0.15) is 0 Å². The molecule has 1 aromatic heterocycles. The fourth-order valence-corrected chi connectivity index (χ4v) is 4.63. The highest BCUT2D eigenvalue weighted by molar-refractivity contribution is 8.19. The maximum atomic E-state index is 12.8. The number of ketones is 1. The van der Waals surface area contributed by atoms with E-state index in [1.165, 1.54) is 23.1 Å². The number of nitrogens with one attached hydrogen (secondary N) is 1. The fraction of sp³-hybridized carbons (Fsp3) is 0.316. The van der Waals surface area contributed by atoms with Gasteiger partial charge in [0.25, 0.3) is 0 Å². The van der Waals surface area contributed by atoms with Crippen LogP contribution >= 0.6 is 23.1 Å². The number of nitrogens with zero attached hydrogens (tertiary/aromatic N) is 1. The highest BCUT2D eigenvalue weighted by Gasteiger charge is 2.38. The van der Waals surface area contributed by atoms with Crippen molar-refractivity contribution in [1.29, 1.82) is 5.41 Å². The Bertz CT molecular complexity index is 855. The number of carbonyl (C=O) groups is 1. The standard InChI is InChI=1S/C19H20N2O2S2/c1-10(2)13-8-12(11(3)7-14(13)23-4)9-15-17(22)16(18(20)25-15)19-21-5-6-24-19/h5-10,16,20H,1-4H3. The molecule has 0 saturated carbocycles. The van der Waals surface area contributed by atoms with E-state index in [1.54, 1.807) is 13.3 Å². The largest absolute Gasteiger partial charge is 0.496 e. The molecule has 4 nitrogen and oxygen atoms in total. The zero-order valence-electron chi connectivity index (χ0n) is 14.6. The summed E-state index contributed by atoms with van der Waals surface area (Å²) >= 11 is 2.66. The van der Waals surface area contributed by atoms with Gasteiger partial charge in [0.1, 0.15) is 16.7 Å². The second kappa shape index (κ2) is 7.14.